The minimum atomic E-state index is 0.221. The van der Waals surface area contributed by atoms with Crippen molar-refractivity contribution in [1.29, 1.82) is 0 Å². The molecule has 1 heterocycles. The molecule has 1 aromatic heterocycles. The highest BCUT2D eigenvalue weighted by Crippen LogP contribution is 2.33. The van der Waals surface area contributed by atoms with Gasteiger partial charge in [0.15, 0.2) is 0 Å². The van der Waals surface area contributed by atoms with Crippen molar-refractivity contribution >= 4 is 33.7 Å². The number of halogens is 1. The third-order valence-electron chi connectivity index (χ3n) is 3.69. The van der Waals surface area contributed by atoms with Crippen molar-refractivity contribution in [2.75, 3.05) is 6.54 Å². The van der Waals surface area contributed by atoms with Crippen LogP contribution in [0.1, 0.15) is 30.5 Å². The monoisotopic (exact) mass is 315 g/mol. The second-order valence-electron chi connectivity index (χ2n) is 5.13. The minimum Gasteiger partial charge on any atom is -0.306 e. The van der Waals surface area contributed by atoms with Crippen molar-refractivity contribution < 1.29 is 0 Å². The largest absolute Gasteiger partial charge is 0.306 e. The Kier molecular flexibility index (Phi) is 4.59. The Hall–Kier alpha value is -1.35. The van der Waals surface area contributed by atoms with E-state index in [4.69, 9.17) is 11.6 Å². The SMILES string of the molecule is CCCNC(c1ccsc1)c1ccc(Cl)c2ccccc12. The standard InChI is InChI=1S/C18H18ClNS/c1-2-10-20-18(13-9-11-21-12-13)16-7-8-17(19)15-6-4-3-5-14(15)16/h3-9,11-12,18,20H,2,10H2,1H3. The molecule has 1 atom stereocenters. The number of thiophene rings is 1. The highest BCUT2D eigenvalue weighted by Gasteiger charge is 2.17. The molecule has 2 aromatic carbocycles. The van der Waals surface area contributed by atoms with Crippen LogP contribution in [-0.2, 0) is 0 Å². The summed E-state index contributed by atoms with van der Waals surface area (Å²) < 4.78 is 0. The van der Waals surface area contributed by atoms with Crippen LogP contribution in [0, 0.1) is 0 Å². The van der Waals surface area contributed by atoms with E-state index in [-0.39, 0.29) is 6.04 Å². The Morgan fingerprint density at radius 3 is 2.62 bits per heavy atom. The van der Waals surface area contributed by atoms with Crippen molar-refractivity contribution in [3.05, 3.63) is 69.4 Å². The first kappa shape index (κ1) is 14.6. The van der Waals surface area contributed by atoms with Crippen molar-refractivity contribution in [1.82, 2.24) is 5.32 Å². The fraction of sp³-hybridized carbons (Fsp3) is 0.222. The molecule has 0 radical (unpaired) electrons. The molecular formula is C18H18ClNS. The molecular weight excluding hydrogens is 298 g/mol. The van der Waals surface area contributed by atoms with Crippen LogP contribution in [-0.4, -0.2) is 6.54 Å². The highest BCUT2D eigenvalue weighted by molar-refractivity contribution is 7.08. The van der Waals surface area contributed by atoms with Gasteiger partial charge in [-0.15, -0.1) is 0 Å². The van der Waals surface area contributed by atoms with Crippen molar-refractivity contribution in [2.24, 2.45) is 0 Å². The van der Waals surface area contributed by atoms with E-state index in [0.717, 1.165) is 23.4 Å². The lowest BCUT2D eigenvalue weighted by atomic mass is 9.95. The quantitative estimate of drug-likeness (QED) is 0.642. The Balaban J connectivity index is 2.13. The third-order valence-corrected chi connectivity index (χ3v) is 4.72. The van der Waals surface area contributed by atoms with E-state index >= 15 is 0 Å². The Morgan fingerprint density at radius 1 is 1.10 bits per heavy atom. The molecule has 1 nitrogen and oxygen atoms in total. The van der Waals surface area contributed by atoms with E-state index < -0.39 is 0 Å². The van der Waals surface area contributed by atoms with Crippen LogP contribution in [0.15, 0.2) is 53.2 Å². The second-order valence-corrected chi connectivity index (χ2v) is 6.31. The number of hydrogen-bond acceptors (Lipinski definition) is 2. The summed E-state index contributed by atoms with van der Waals surface area (Å²) in [6.45, 7) is 3.19. The topological polar surface area (TPSA) is 12.0 Å². The number of nitrogens with one attached hydrogen (secondary N) is 1. The Bertz CT molecular complexity index is 721. The summed E-state index contributed by atoms with van der Waals surface area (Å²) in [7, 11) is 0. The molecule has 0 bridgehead atoms. The molecule has 3 aromatic rings. The maximum absolute atomic E-state index is 6.34. The van der Waals surface area contributed by atoms with Gasteiger partial charge in [0.2, 0.25) is 0 Å². The molecule has 0 fully saturated rings. The van der Waals surface area contributed by atoms with Gasteiger partial charge in [0.25, 0.3) is 0 Å². The minimum absolute atomic E-state index is 0.221. The maximum atomic E-state index is 6.34. The first-order chi connectivity index (χ1) is 10.3. The summed E-state index contributed by atoms with van der Waals surface area (Å²) in [5, 5.41) is 11.2. The lowest BCUT2D eigenvalue weighted by Crippen LogP contribution is -2.23. The number of benzene rings is 2. The van der Waals surface area contributed by atoms with E-state index in [9.17, 15) is 0 Å². The Labute approximate surface area is 134 Å². The lowest BCUT2D eigenvalue weighted by Gasteiger charge is -2.20. The summed E-state index contributed by atoms with van der Waals surface area (Å²) in [6.07, 6.45) is 1.12. The summed E-state index contributed by atoms with van der Waals surface area (Å²) >= 11 is 8.08. The smallest absolute Gasteiger partial charge is 0.0591 e. The molecule has 0 saturated carbocycles. The van der Waals surface area contributed by atoms with E-state index in [1.54, 1.807) is 11.3 Å². The molecule has 21 heavy (non-hydrogen) atoms. The van der Waals surface area contributed by atoms with Crippen molar-refractivity contribution in [2.45, 2.75) is 19.4 Å². The van der Waals surface area contributed by atoms with Gasteiger partial charge in [-0.3, -0.25) is 0 Å². The molecule has 0 saturated heterocycles. The Morgan fingerprint density at radius 2 is 1.90 bits per heavy atom. The average molecular weight is 316 g/mol. The van der Waals surface area contributed by atoms with E-state index in [1.165, 1.54) is 16.5 Å². The van der Waals surface area contributed by atoms with Crippen LogP contribution in [0.2, 0.25) is 5.02 Å². The van der Waals surface area contributed by atoms with Crippen molar-refractivity contribution in [3.8, 4) is 0 Å². The summed E-state index contributed by atoms with van der Waals surface area (Å²) in [6, 6.07) is 14.9. The molecule has 1 N–H and O–H groups in total. The van der Waals surface area contributed by atoms with Gasteiger partial charge in [-0.05, 0) is 52.4 Å². The van der Waals surface area contributed by atoms with Crippen LogP contribution in [0.25, 0.3) is 10.8 Å². The van der Waals surface area contributed by atoms with Gasteiger partial charge < -0.3 is 5.32 Å². The van der Waals surface area contributed by atoms with Gasteiger partial charge in [-0.1, -0.05) is 48.9 Å². The molecule has 0 spiro atoms. The zero-order valence-electron chi connectivity index (χ0n) is 12.0. The second kappa shape index (κ2) is 6.61. The predicted molar refractivity (Wildman–Crippen MR) is 93.4 cm³/mol. The number of hydrogen-bond donors (Lipinski definition) is 1. The zero-order valence-corrected chi connectivity index (χ0v) is 13.5. The molecule has 1 unspecified atom stereocenters. The predicted octanol–water partition coefficient (Wildman–Crippen LogP) is 5.64. The van der Waals surface area contributed by atoms with Crippen LogP contribution < -0.4 is 5.32 Å². The van der Waals surface area contributed by atoms with Crippen LogP contribution in [0.3, 0.4) is 0 Å². The van der Waals surface area contributed by atoms with Crippen LogP contribution in [0.5, 0.6) is 0 Å². The van der Waals surface area contributed by atoms with E-state index in [0.29, 0.717) is 0 Å². The molecule has 108 valence electrons. The first-order valence-corrected chi connectivity index (χ1v) is 8.56. The summed E-state index contributed by atoms with van der Waals surface area (Å²) in [5.74, 6) is 0. The fourth-order valence-corrected chi connectivity index (χ4v) is 3.59. The number of rotatable bonds is 5. The molecule has 0 aliphatic heterocycles. The summed E-state index contributed by atoms with van der Waals surface area (Å²) in [5.41, 5.74) is 2.61. The third kappa shape index (κ3) is 2.98. The molecule has 3 rings (SSSR count). The van der Waals surface area contributed by atoms with E-state index in [2.05, 4.69) is 53.3 Å². The van der Waals surface area contributed by atoms with Gasteiger partial charge in [-0.2, -0.15) is 11.3 Å². The first-order valence-electron chi connectivity index (χ1n) is 7.24. The molecule has 0 amide bonds. The van der Waals surface area contributed by atoms with Gasteiger partial charge >= 0.3 is 0 Å². The fourth-order valence-electron chi connectivity index (χ4n) is 2.67. The van der Waals surface area contributed by atoms with E-state index in [1.807, 2.05) is 12.1 Å². The lowest BCUT2D eigenvalue weighted by molar-refractivity contribution is 0.603. The molecule has 0 aliphatic rings. The van der Waals surface area contributed by atoms with Crippen LogP contribution >= 0.6 is 22.9 Å². The maximum Gasteiger partial charge on any atom is 0.0591 e. The highest BCUT2D eigenvalue weighted by atomic mass is 35.5. The zero-order chi connectivity index (χ0) is 14.7. The van der Waals surface area contributed by atoms with Gasteiger partial charge in [-0.25, -0.2) is 0 Å². The average Bonchev–Trinajstić information content (AvgIpc) is 3.04. The number of fused-ring (bicyclic) bond motifs is 1. The molecule has 0 aliphatic carbocycles. The van der Waals surface area contributed by atoms with Gasteiger partial charge in [0.05, 0.1) is 6.04 Å². The summed E-state index contributed by atoms with van der Waals surface area (Å²) in [4.78, 5) is 0. The normalized spacial score (nSPS) is 12.7. The van der Waals surface area contributed by atoms with Crippen LogP contribution in [0.4, 0.5) is 0 Å². The van der Waals surface area contributed by atoms with Gasteiger partial charge in [0.1, 0.15) is 0 Å². The molecule has 3 heteroatoms. The van der Waals surface area contributed by atoms with Gasteiger partial charge in [0, 0.05) is 10.4 Å². The van der Waals surface area contributed by atoms with Crippen molar-refractivity contribution in [3.63, 3.8) is 0 Å².